The van der Waals surface area contributed by atoms with Crippen molar-refractivity contribution in [2.45, 2.75) is 206 Å². The van der Waals surface area contributed by atoms with Crippen molar-refractivity contribution in [3.05, 3.63) is 0 Å². The minimum atomic E-state index is -4.54. The summed E-state index contributed by atoms with van der Waals surface area (Å²) in [5.74, 6) is -0.170. The Morgan fingerprint density at radius 2 is 1.02 bits per heavy atom. The van der Waals surface area contributed by atoms with E-state index in [1.807, 2.05) is 21.1 Å². The van der Waals surface area contributed by atoms with Crippen molar-refractivity contribution in [2.24, 2.45) is 0 Å². The summed E-state index contributed by atoms with van der Waals surface area (Å²) in [6, 6.07) is -0.790. The first kappa shape index (κ1) is 47.5. The summed E-state index contributed by atoms with van der Waals surface area (Å²) in [5.41, 5.74) is 0. The second-order valence-electron chi connectivity index (χ2n) is 15.4. The fourth-order valence-corrected chi connectivity index (χ4v) is 6.76. The molecule has 0 bridgehead atoms. The number of carbonyl (C=O) groups excluding carboxylic acids is 1. The first-order valence-corrected chi connectivity index (χ1v) is 21.8. The minimum absolute atomic E-state index is 0.0153. The molecule has 0 aliphatic rings. The number of carbonyl (C=O) groups is 1. The molecule has 0 spiro atoms. The van der Waals surface area contributed by atoms with Gasteiger partial charge >= 0.3 is 0 Å². The number of likely N-dealkylation sites (N-methyl/N-ethyl adjacent to an activating group) is 1. The van der Waals surface area contributed by atoms with E-state index in [1.54, 1.807) is 0 Å². The van der Waals surface area contributed by atoms with Crippen LogP contribution in [-0.2, 0) is 18.4 Å². The Morgan fingerprint density at radius 1 is 0.646 bits per heavy atom. The molecule has 8 nitrogen and oxygen atoms in total. The molecule has 0 aliphatic heterocycles. The maximum atomic E-state index is 12.7. The average Bonchev–Trinajstić information content (AvgIpc) is 3.02. The minimum Gasteiger partial charge on any atom is -0.756 e. The number of hydrogen-bond acceptors (Lipinski definition) is 6. The topological polar surface area (TPSA) is 108 Å². The molecule has 9 heteroatoms. The summed E-state index contributed by atoms with van der Waals surface area (Å²) >= 11 is 0. The number of unbranched alkanes of at least 4 members (excludes halogenated alkanes) is 24. The van der Waals surface area contributed by atoms with Gasteiger partial charge in [-0.25, -0.2) is 0 Å². The summed E-state index contributed by atoms with van der Waals surface area (Å²) in [6.45, 7) is 4.68. The van der Waals surface area contributed by atoms with Gasteiger partial charge in [0.2, 0.25) is 5.91 Å². The summed E-state index contributed by atoms with van der Waals surface area (Å²) < 4.78 is 23.1. The number of phosphoric acid groups is 1. The number of aliphatic hydroxyl groups excluding tert-OH is 1. The highest BCUT2D eigenvalue weighted by atomic mass is 31.2. The van der Waals surface area contributed by atoms with Crippen LogP contribution in [0.25, 0.3) is 0 Å². The summed E-state index contributed by atoms with van der Waals surface area (Å²) in [5, 5.41) is 13.8. The van der Waals surface area contributed by atoms with Gasteiger partial charge in [0.15, 0.2) is 0 Å². The molecule has 0 fully saturated rings. The predicted molar refractivity (Wildman–Crippen MR) is 201 cm³/mol. The third-order valence-corrected chi connectivity index (χ3v) is 10.3. The van der Waals surface area contributed by atoms with Crippen molar-refractivity contribution in [3.8, 4) is 0 Å². The molecular formula is C39H81N2O6P. The van der Waals surface area contributed by atoms with Crippen LogP contribution in [0.1, 0.15) is 194 Å². The fourth-order valence-electron chi connectivity index (χ4n) is 6.04. The SMILES string of the molecule is CCCCCCCCCCCCCCCCCCCCCC(O)C(COP(=O)([O-])OCC[N+](C)(C)C)NC(=O)CCCCCCCCC. The van der Waals surface area contributed by atoms with Crippen LogP contribution < -0.4 is 10.2 Å². The molecule has 48 heavy (non-hydrogen) atoms. The van der Waals surface area contributed by atoms with E-state index in [2.05, 4.69) is 19.2 Å². The van der Waals surface area contributed by atoms with Gasteiger partial charge in [0.25, 0.3) is 7.82 Å². The molecule has 288 valence electrons. The highest BCUT2D eigenvalue weighted by molar-refractivity contribution is 7.45. The number of quaternary nitrogens is 1. The van der Waals surface area contributed by atoms with Crippen LogP contribution in [-0.4, -0.2) is 68.5 Å². The molecule has 3 atom stereocenters. The quantitative estimate of drug-likeness (QED) is 0.0379. The molecular weight excluding hydrogens is 623 g/mol. The van der Waals surface area contributed by atoms with Crippen molar-refractivity contribution >= 4 is 13.7 Å². The zero-order valence-corrected chi connectivity index (χ0v) is 33.4. The maximum absolute atomic E-state index is 12.7. The number of phosphoric ester groups is 1. The second kappa shape index (κ2) is 32.4. The van der Waals surface area contributed by atoms with Gasteiger partial charge in [-0.1, -0.05) is 174 Å². The third-order valence-electron chi connectivity index (χ3n) is 9.35. The number of amides is 1. The molecule has 0 saturated carbocycles. The van der Waals surface area contributed by atoms with E-state index in [4.69, 9.17) is 9.05 Å². The van der Waals surface area contributed by atoms with Crippen LogP contribution in [0, 0.1) is 0 Å². The Hall–Kier alpha value is -0.500. The van der Waals surface area contributed by atoms with E-state index >= 15 is 0 Å². The monoisotopic (exact) mass is 705 g/mol. The largest absolute Gasteiger partial charge is 0.756 e. The lowest BCUT2D eigenvalue weighted by atomic mass is 10.0. The van der Waals surface area contributed by atoms with Crippen LogP contribution in [0.5, 0.6) is 0 Å². The Kier molecular flexibility index (Phi) is 32.1. The molecule has 0 aliphatic carbocycles. The van der Waals surface area contributed by atoms with E-state index < -0.39 is 20.0 Å². The smallest absolute Gasteiger partial charge is 0.268 e. The molecule has 0 aromatic heterocycles. The summed E-state index contributed by atoms with van der Waals surface area (Å²) in [6.07, 6.45) is 32.6. The lowest BCUT2D eigenvalue weighted by molar-refractivity contribution is -0.870. The number of aliphatic hydroxyl groups is 1. The van der Waals surface area contributed by atoms with E-state index in [-0.39, 0.29) is 19.1 Å². The van der Waals surface area contributed by atoms with E-state index in [0.29, 0.717) is 23.9 Å². The van der Waals surface area contributed by atoms with Crippen LogP contribution in [0.2, 0.25) is 0 Å². The van der Waals surface area contributed by atoms with Crippen LogP contribution in [0.15, 0.2) is 0 Å². The molecule has 0 saturated heterocycles. The van der Waals surface area contributed by atoms with Crippen molar-refractivity contribution in [2.75, 3.05) is 40.9 Å². The number of hydrogen-bond donors (Lipinski definition) is 2. The van der Waals surface area contributed by atoms with Crippen molar-refractivity contribution in [3.63, 3.8) is 0 Å². The van der Waals surface area contributed by atoms with Crippen molar-refractivity contribution in [1.29, 1.82) is 0 Å². The number of rotatable bonds is 37. The van der Waals surface area contributed by atoms with Gasteiger partial charge in [-0.3, -0.25) is 9.36 Å². The molecule has 0 rings (SSSR count). The second-order valence-corrected chi connectivity index (χ2v) is 16.8. The molecule has 0 heterocycles. The zero-order valence-electron chi connectivity index (χ0n) is 32.5. The highest BCUT2D eigenvalue weighted by Gasteiger charge is 2.24. The standard InChI is InChI=1S/C39H81N2O6P/c1-6-8-10-12-14-15-16-17-18-19-20-21-22-23-24-25-27-28-30-32-38(42)37(36-47-48(44,45)46-35-34-41(3,4)5)40-39(43)33-31-29-26-13-11-9-7-2/h37-38,42H,6-36H2,1-5H3,(H-,40,43,44,45). The normalized spacial score (nSPS) is 14.6. The Morgan fingerprint density at radius 3 is 1.42 bits per heavy atom. The molecule has 2 N–H and O–H groups in total. The van der Waals surface area contributed by atoms with Gasteiger partial charge < -0.3 is 28.8 Å². The molecule has 1 amide bonds. The lowest BCUT2D eigenvalue weighted by Gasteiger charge is -2.30. The summed E-state index contributed by atoms with van der Waals surface area (Å²) in [7, 11) is 1.31. The van der Waals surface area contributed by atoms with Crippen LogP contribution in [0.3, 0.4) is 0 Å². The predicted octanol–water partition coefficient (Wildman–Crippen LogP) is 10.0. The lowest BCUT2D eigenvalue weighted by Crippen LogP contribution is -2.46. The van der Waals surface area contributed by atoms with Crippen molar-refractivity contribution < 1.29 is 32.9 Å². The van der Waals surface area contributed by atoms with E-state index in [0.717, 1.165) is 38.5 Å². The van der Waals surface area contributed by atoms with Crippen LogP contribution in [0.4, 0.5) is 0 Å². The number of nitrogens with zero attached hydrogens (tertiary/aromatic N) is 1. The number of nitrogens with one attached hydrogen (secondary N) is 1. The molecule has 0 aromatic rings. The van der Waals surface area contributed by atoms with Gasteiger partial charge in [0.1, 0.15) is 13.2 Å². The molecule has 3 unspecified atom stereocenters. The van der Waals surface area contributed by atoms with Gasteiger partial charge in [-0.2, -0.15) is 0 Å². The maximum Gasteiger partial charge on any atom is 0.268 e. The van der Waals surface area contributed by atoms with Crippen LogP contribution >= 0.6 is 7.82 Å². The van der Waals surface area contributed by atoms with Gasteiger partial charge in [-0.05, 0) is 12.8 Å². The third kappa shape index (κ3) is 34.0. The van der Waals surface area contributed by atoms with Gasteiger partial charge in [-0.15, -0.1) is 0 Å². The highest BCUT2D eigenvalue weighted by Crippen LogP contribution is 2.38. The fraction of sp³-hybridized carbons (Fsp3) is 0.974. The Labute approximate surface area is 298 Å². The summed E-state index contributed by atoms with van der Waals surface area (Å²) in [4.78, 5) is 25.1. The molecule has 0 radical (unpaired) electrons. The average molecular weight is 705 g/mol. The Balaban J connectivity index is 4.24. The van der Waals surface area contributed by atoms with Crippen molar-refractivity contribution in [1.82, 2.24) is 5.32 Å². The first-order valence-electron chi connectivity index (χ1n) is 20.4. The zero-order chi connectivity index (χ0) is 35.8. The van der Waals surface area contributed by atoms with Gasteiger partial charge in [0.05, 0.1) is 39.9 Å². The Bertz CT molecular complexity index is 763. The first-order chi connectivity index (χ1) is 23.0. The molecule has 0 aromatic carbocycles. The van der Waals surface area contributed by atoms with E-state index in [9.17, 15) is 19.4 Å². The van der Waals surface area contributed by atoms with Gasteiger partial charge in [0, 0.05) is 6.42 Å². The van der Waals surface area contributed by atoms with E-state index in [1.165, 1.54) is 128 Å².